The van der Waals surface area contributed by atoms with Crippen molar-refractivity contribution in [3.63, 3.8) is 0 Å². The summed E-state index contributed by atoms with van der Waals surface area (Å²) in [5.41, 5.74) is 0. The van der Waals surface area contributed by atoms with Gasteiger partial charge in [-0.3, -0.25) is 0 Å². The van der Waals surface area contributed by atoms with Gasteiger partial charge in [-0.15, -0.1) is 0 Å². The third kappa shape index (κ3) is 5.44. The summed E-state index contributed by atoms with van der Waals surface area (Å²) < 4.78 is 55.7. The van der Waals surface area contributed by atoms with Crippen molar-refractivity contribution in [3.05, 3.63) is 24.3 Å². The molecule has 148 valence electrons. The average molecular weight is 404 g/mol. The Morgan fingerprint density at radius 1 is 1.12 bits per heavy atom. The summed E-state index contributed by atoms with van der Waals surface area (Å²) >= 11 is 0. The fourth-order valence-corrected chi connectivity index (χ4v) is 7.74. The maximum absolute atomic E-state index is 13.0. The molecule has 0 bridgehead atoms. The molecule has 2 rings (SSSR count). The SMILES string of the molecule is CC(C)CCN[C@H]1CS(=O)(=O)C[C@@H]1S(=O)(=O)c1ccc(OC(C)C)cc1. The summed E-state index contributed by atoms with van der Waals surface area (Å²) in [4.78, 5) is 0.131. The van der Waals surface area contributed by atoms with E-state index in [1.54, 1.807) is 12.1 Å². The standard InChI is InChI=1S/C18H29NO5S2/c1-13(2)9-10-19-17-11-25(20,21)12-18(17)26(22,23)16-7-5-15(6-8-16)24-14(3)4/h5-8,13-14,17-19H,9-12H2,1-4H3/t17-,18-/m0/s1. The van der Waals surface area contributed by atoms with Gasteiger partial charge in [-0.2, -0.15) is 0 Å². The molecule has 0 spiro atoms. The van der Waals surface area contributed by atoms with Crippen LogP contribution in [0.3, 0.4) is 0 Å². The Morgan fingerprint density at radius 3 is 2.27 bits per heavy atom. The Balaban J connectivity index is 2.21. The Kier molecular flexibility index (Phi) is 6.74. The lowest BCUT2D eigenvalue weighted by molar-refractivity contribution is 0.242. The minimum absolute atomic E-state index is 0.00744. The monoisotopic (exact) mass is 403 g/mol. The Bertz CT molecular complexity index is 798. The maximum Gasteiger partial charge on any atom is 0.183 e. The molecular formula is C18H29NO5S2. The van der Waals surface area contributed by atoms with Crippen molar-refractivity contribution in [3.8, 4) is 5.75 Å². The van der Waals surface area contributed by atoms with Crippen molar-refractivity contribution in [2.24, 2.45) is 5.92 Å². The lowest BCUT2D eigenvalue weighted by Gasteiger charge is -2.20. The molecule has 1 aliphatic heterocycles. The summed E-state index contributed by atoms with van der Waals surface area (Å²) in [7, 11) is -7.13. The second kappa shape index (κ2) is 8.27. The molecule has 0 unspecified atom stereocenters. The minimum Gasteiger partial charge on any atom is -0.491 e. The molecule has 1 aliphatic rings. The number of ether oxygens (including phenoxy) is 1. The van der Waals surface area contributed by atoms with Gasteiger partial charge in [-0.05, 0) is 57.0 Å². The number of sulfone groups is 2. The largest absolute Gasteiger partial charge is 0.491 e. The van der Waals surface area contributed by atoms with Crippen LogP contribution >= 0.6 is 0 Å². The predicted molar refractivity (Wildman–Crippen MR) is 103 cm³/mol. The zero-order valence-corrected chi connectivity index (χ0v) is 17.4. The third-order valence-corrected chi connectivity index (χ3v) is 8.52. The molecule has 1 aromatic rings. The van der Waals surface area contributed by atoms with E-state index in [4.69, 9.17) is 4.74 Å². The molecule has 26 heavy (non-hydrogen) atoms. The fourth-order valence-electron chi connectivity index (χ4n) is 3.02. The number of hydrogen-bond acceptors (Lipinski definition) is 6. The highest BCUT2D eigenvalue weighted by atomic mass is 32.2. The Morgan fingerprint density at radius 2 is 1.73 bits per heavy atom. The Hall–Kier alpha value is -1.12. The predicted octanol–water partition coefficient (Wildman–Crippen LogP) is 2.05. The van der Waals surface area contributed by atoms with Crippen molar-refractivity contribution >= 4 is 19.7 Å². The molecule has 6 nitrogen and oxygen atoms in total. The van der Waals surface area contributed by atoms with Gasteiger partial charge in [0, 0.05) is 6.04 Å². The van der Waals surface area contributed by atoms with Crippen LogP contribution in [0.5, 0.6) is 5.75 Å². The molecule has 1 saturated heterocycles. The van der Waals surface area contributed by atoms with E-state index in [-0.39, 0.29) is 22.5 Å². The topological polar surface area (TPSA) is 89.5 Å². The first kappa shape index (κ1) is 21.2. The van der Waals surface area contributed by atoms with Gasteiger partial charge in [-0.1, -0.05) is 13.8 Å². The van der Waals surface area contributed by atoms with Crippen molar-refractivity contribution in [1.29, 1.82) is 0 Å². The molecule has 2 atom stereocenters. The van der Waals surface area contributed by atoms with Gasteiger partial charge in [-0.25, -0.2) is 16.8 Å². The first-order chi connectivity index (χ1) is 12.0. The van der Waals surface area contributed by atoms with E-state index in [1.165, 1.54) is 12.1 Å². The zero-order valence-electron chi connectivity index (χ0n) is 15.8. The Labute approximate surface area is 157 Å². The number of nitrogens with one attached hydrogen (secondary N) is 1. The van der Waals surface area contributed by atoms with Gasteiger partial charge >= 0.3 is 0 Å². The van der Waals surface area contributed by atoms with Gasteiger partial charge in [0.25, 0.3) is 0 Å². The van der Waals surface area contributed by atoms with Crippen LogP contribution in [-0.2, 0) is 19.7 Å². The summed E-state index contributed by atoms with van der Waals surface area (Å²) in [6, 6.07) is 5.62. The van der Waals surface area contributed by atoms with Crippen LogP contribution in [0.25, 0.3) is 0 Å². The van der Waals surface area contributed by atoms with Crippen LogP contribution < -0.4 is 10.1 Å². The summed E-state index contributed by atoms with van der Waals surface area (Å²) in [5, 5.41) is 2.19. The molecule has 0 saturated carbocycles. The van der Waals surface area contributed by atoms with Crippen molar-refractivity contribution < 1.29 is 21.6 Å². The quantitative estimate of drug-likeness (QED) is 0.714. The highest BCUT2D eigenvalue weighted by Crippen LogP contribution is 2.27. The van der Waals surface area contributed by atoms with Crippen molar-refractivity contribution in [1.82, 2.24) is 5.32 Å². The van der Waals surface area contributed by atoms with Gasteiger partial charge in [0.1, 0.15) is 5.75 Å². The second-order valence-electron chi connectivity index (χ2n) is 7.54. The van der Waals surface area contributed by atoms with E-state index in [9.17, 15) is 16.8 Å². The summed E-state index contributed by atoms with van der Waals surface area (Å²) in [5.74, 6) is 0.580. The first-order valence-electron chi connectivity index (χ1n) is 8.95. The third-order valence-electron chi connectivity index (χ3n) is 4.35. The molecule has 0 aromatic heterocycles. The molecule has 0 aliphatic carbocycles. The maximum atomic E-state index is 13.0. The molecular weight excluding hydrogens is 374 g/mol. The normalized spacial score (nSPS) is 22.8. The molecule has 0 amide bonds. The van der Waals surface area contributed by atoms with E-state index in [2.05, 4.69) is 19.2 Å². The fraction of sp³-hybridized carbons (Fsp3) is 0.667. The second-order valence-corrected chi connectivity index (χ2v) is 11.9. The van der Waals surface area contributed by atoms with Gasteiger partial charge < -0.3 is 10.1 Å². The van der Waals surface area contributed by atoms with Crippen LogP contribution in [0.2, 0.25) is 0 Å². The van der Waals surface area contributed by atoms with E-state index >= 15 is 0 Å². The lowest BCUT2D eigenvalue weighted by Crippen LogP contribution is -2.43. The highest BCUT2D eigenvalue weighted by Gasteiger charge is 2.45. The first-order valence-corrected chi connectivity index (χ1v) is 12.3. The van der Waals surface area contributed by atoms with Crippen molar-refractivity contribution in [2.75, 3.05) is 18.1 Å². The molecule has 1 fully saturated rings. The van der Waals surface area contributed by atoms with E-state index < -0.39 is 31.0 Å². The van der Waals surface area contributed by atoms with E-state index in [0.717, 1.165) is 6.42 Å². The molecule has 1 heterocycles. The van der Waals surface area contributed by atoms with Gasteiger partial charge in [0.15, 0.2) is 19.7 Å². The van der Waals surface area contributed by atoms with Crippen LogP contribution in [0, 0.1) is 5.92 Å². The van der Waals surface area contributed by atoms with Crippen LogP contribution in [0.1, 0.15) is 34.1 Å². The number of benzene rings is 1. The minimum atomic E-state index is -3.75. The lowest BCUT2D eigenvalue weighted by atomic mass is 10.1. The van der Waals surface area contributed by atoms with Crippen LogP contribution in [0.15, 0.2) is 29.2 Å². The van der Waals surface area contributed by atoms with Crippen LogP contribution in [0.4, 0.5) is 0 Å². The smallest absolute Gasteiger partial charge is 0.183 e. The molecule has 1 aromatic carbocycles. The van der Waals surface area contributed by atoms with Gasteiger partial charge in [0.05, 0.1) is 27.8 Å². The molecule has 8 heteroatoms. The molecule has 0 radical (unpaired) electrons. The summed E-state index contributed by atoms with van der Waals surface area (Å²) in [6.45, 7) is 8.53. The van der Waals surface area contributed by atoms with E-state index in [1.807, 2.05) is 13.8 Å². The van der Waals surface area contributed by atoms with Gasteiger partial charge in [0.2, 0.25) is 0 Å². The number of hydrogen-bond donors (Lipinski definition) is 1. The molecule has 1 N–H and O–H groups in total. The van der Waals surface area contributed by atoms with E-state index in [0.29, 0.717) is 18.2 Å². The number of rotatable bonds is 8. The zero-order chi connectivity index (χ0) is 19.5. The highest BCUT2D eigenvalue weighted by molar-refractivity contribution is 7.96. The summed E-state index contributed by atoms with van der Waals surface area (Å²) in [6.07, 6.45) is 0.858. The average Bonchev–Trinajstić information content (AvgIpc) is 2.82. The van der Waals surface area contributed by atoms with Crippen molar-refractivity contribution in [2.45, 2.75) is 56.4 Å². The van der Waals surface area contributed by atoms with Crippen LogP contribution in [-0.4, -0.2) is 52.3 Å².